The topological polar surface area (TPSA) is 50.3 Å². The minimum atomic E-state index is -3.55. The molecule has 1 rings (SSSR count). The monoisotopic (exact) mass is 290 g/mol. The van der Waals surface area contributed by atoms with E-state index in [1.807, 2.05) is 20.8 Å². The van der Waals surface area contributed by atoms with Gasteiger partial charge >= 0.3 is 0 Å². The van der Waals surface area contributed by atoms with Crippen molar-refractivity contribution in [1.82, 2.24) is 9.29 Å². The lowest BCUT2D eigenvalue weighted by molar-refractivity contribution is 0.361. The number of halogens is 1. The largest absolute Gasteiger partial charge is 0.263 e. The molecule has 0 radical (unpaired) electrons. The van der Waals surface area contributed by atoms with Crippen LogP contribution in [-0.2, 0) is 10.0 Å². The number of hydrogen-bond acceptors (Lipinski definition) is 3. The fourth-order valence-corrected chi connectivity index (χ4v) is 3.54. The molecule has 6 heteroatoms. The van der Waals surface area contributed by atoms with E-state index < -0.39 is 10.0 Å². The Labute approximate surface area is 114 Å². The molecule has 0 fully saturated rings. The molecule has 1 atom stereocenters. The Morgan fingerprint density at radius 3 is 2.61 bits per heavy atom. The van der Waals surface area contributed by atoms with Crippen molar-refractivity contribution in [3.8, 4) is 0 Å². The van der Waals surface area contributed by atoms with Crippen molar-refractivity contribution in [1.29, 1.82) is 0 Å². The lowest BCUT2D eigenvalue weighted by atomic mass is 10.1. The second kappa shape index (κ2) is 6.50. The Morgan fingerprint density at radius 2 is 2.11 bits per heavy atom. The summed E-state index contributed by atoms with van der Waals surface area (Å²) < 4.78 is 26.3. The minimum absolute atomic E-state index is 0.0804. The van der Waals surface area contributed by atoms with Gasteiger partial charge in [0.25, 0.3) is 0 Å². The first-order valence-corrected chi connectivity index (χ1v) is 7.84. The van der Waals surface area contributed by atoms with Crippen LogP contribution in [0.25, 0.3) is 0 Å². The predicted molar refractivity (Wildman–Crippen MR) is 73.1 cm³/mol. The van der Waals surface area contributed by atoms with Crippen LogP contribution >= 0.6 is 11.6 Å². The normalized spacial score (nSPS) is 13.8. The molecule has 0 aliphatic rings. The van der Waals surface area contributed by atoms with Crippen molar-refractivity contribution < 1.29 is 8.42 Å². The highest BCUT2D eigenvalue weighted by Gasteiger charge is 2.26. The molecule has 18 heavy (non-hydrogen) atoms. The van der Waals surface area contributed by atoms with E-state index in [2.05, 4.69) is 4.98 Å². The molecule has 0 amide bonds. The molecule has 0 N–H and O–H groups in total. The van der Waals surface area contributed by atoms with Crippen LogP contribution in [0.4, 0.5) is 0 Å². The zero-order valence-corrected chi connectivity index (χ0v) is 12.5. The zero-order valence-electron chi connectivity index (χ0n) is 10.9. The molecule has 0 aliphatic heterocycles. The summed E-state index contributed by atoms with van der Waals surface area (Å²) in [5.41, 5.74) is 0. The van der Waals surface area contributed by atoms with Crippen LogP contribution in [0, 0.1) is 5.92 Å². The van der Waals surface area contributed by atoms with Gasteiger partial charge in [0.15, 0.2) is 0 Å². The molecule has 4 nitrogen and oxygen atoms in total. The van der Waals surface area contributed by atoms with Gasteiger partial charge in [-0.3, -0.25) is 4.98 Å². The van der Waals surface area contributed by atoms with Crippen LogP contribution < -0.4 is 0 Å². The van der Waals surface area contributed by atoms with Crippen molar-refractivity contribution in [3.05, 3.63) is 23.5 Å². The van der Waals surface area contributed by atoms with Gasteiger partial charge in [-0.05, 0) is 12.0 Å². The molecule has 1 unspecified atom stereocenters. The van der Waals surface area contributed by atoms with Crippen LogP contribution in [0.3, 0.4) is 0 Å². The van der Waals surface area contributed by atoms with Crippen LogP contribution in [0.15, 0.2) is 23.4 Å². The molecule has 0 saturated heterocycles. The summed E-state index contributed by atoms with van der Waals surface area (Å²) in [7, 11) is -3.55. The molecule has 0 aliphatic carbocycles. The van der Waals surface area contributed by atoms with E-state index in [-0.39, 0.29) is 9.92 Å². The summed E-state index contributed by atoms with van der Waals surface area (Å²) >= 11 is 5.93. The molecule has 102 valence electrons. The van der Waals surface area contributed by atoms with Gasteiger partial charge in [0.1, 0.15) is 4.90 Å². The maximum absolute atomic E-state index is 12.4. The van der Waals surface area contributed by atoms with Gasteiger partial charge in [0, 0.05) is 25.5 Å². The highest BCUT2D eigenvalue weighted by molar-refractivity contribution is 7.89. The van der Waals surface area contributed by atoms with E-state index in [9.17, 15) is 8.42 Å². The highest BCUT2D eigenvalue weighted by Crippen LogP contribution is 2.24. The Bertz CT molecular complexity index is 491. The first-order valence-electron chi connectivity index (χ1n) is 6.03. The number of hydrogen-bond donors (Lipinski definition) is 0. The first kappa shape index (κ1) is 15.4. The van der Waals surface area contributed by atoms with Crippen molar-refractivity contribution >= 4 is 21.6 Å². The summed E-state index contributed by atoms with van der Waals surface area (Å²) in [6.07, 6.45) is 3.72. The molecule has 1 aromatic heterocycles. The predicted octanol–water partition coefficient (Wildman–Crippen LogP) is 2.79. The van der Waals surface area contributed by atoms with Crippen LogP contribution in [0.1, 0.15) is 27.2 Å². The molecule has 1 aromatic rings. The van der Waals surface area contributed by atoms with Gasteiger partial charge in [0.2, 0.25) is 10.0 Å². The lowest BCUT2D eigenvalue weighted by Gasteiger charge is -2.23. The maximum atomic E-state index is 12.4. The summed E-state index contributed by atoms with van der Waals surface area (Å²) in [6.45, 7) is 6.83. The molecule has 0 aromatic carbocycles. The average molecular weight is 291 g/mol. The minimum Gasteiger partial charge on any atom is -0.263 e. The summed E-state index contributed by atoms with van der Waals surface area (Å²) in [6, 6.07) is 1.49. The number of aromatic nitrogens is 1. The van der Waals surface area contributed by atoms with E-state index in [4.69, 9.17) is 11.6 Å². The third kappa shape index (κ3) is 3.43. The van der Waals surface area contributed by atoms with Crippen LogP contribution in [0.2, 0.25) is 5.02 Å². The van der Waals surface area contributed by atoms with Gasteiger partial charge in [0.05, 0.1) is 5.02 Å². The average Bonchev–Trinajstić information content (AvgIpc) is 2.35. The summed E-state index contributed by atoms with van der Waals surface area (Å²) in [5.74, 6) is 0.315. The number of rotatable bonds is 6. The van der Waals surface area contributed by atoms with Crippen LogP contribution in [-0.4, -0.2) is 30.8 Å². The van der Waals surface area contributed by atoms with Gasteiger partial charge in [-0.2, -0.15) is 4.31 Å². The Morgan fingerprint density at radius 1 is 1.44 bits per heavy atom. The Balaban J connectivity index is 3.08. The van der Waals surface area contributed by atoms with E-state index in [0.717, 1.165) is 6.42 Å². The Hall–Kier alpha value is -0.650. The van der Waals surface area contributed by atoms with Crippen molar-refractivity contribution in [3.63, 3.8) is 0 Å². The number of nitrogens with zero attached hydrogens (tertiary/aromatic N) is 2. The molecule has 0 bridgehead atoms. The standard InChI is InChI=1S/C12H19ClN2O2S/c1-4-10(3)9-15(5-2)18(16,17)12-8-14-7-6-11(12)13/h6-8,10H,4-5,9H2,1-3H3. The van der Waals surface area contributed by atoms with Crippen molar-refractivity contribution in [2.75, 3.05) is 13.1 Å². The summed E-state index contributed by atoms with van der Waals surface area (Å²) in [5, 5.41) is 0.215. The van der Waals surface area contributed by atoms with Gasteiger partial charge in [-0.25, -0.2) is 8.42 Å². The van der Waals surface area contributed by atoms with Gasteiger partial charge in [-0.1, -0.05) is 38.8 Å². The second-order valence-corrected chi connectivity index (χ2v) is 6.59. The fourth-order valence-electron chi connectivity index (χ4n) is 1.57. The first-order chi connectivity index (χ1) is 8.43. The third-order valence-electron chi connectivity index (χ3n) is 2.92. The lowest BCUT2D eigenvalue weighted by Crippen LogP contribution is -2.34. The molecule has 0 saturated carbocycles. The molecule has 0 spiro atoms. The molecular weight excluding hydrogens is 272 g/mol. The van der Waals surface area contributed by atoms with Gasteiger partial charge in [-0.15, -0.1) is 0 Å². The summed E-state index contributed by atoms with van der Waals surface area (Å²) in [4.78, 5) is 3.92. The second-order valence-electron chi connectivity index (χ2n) is 4.28. The SMILES string of the molecule is CCC(C)CN(CC)S(=O)(=O)c1cnccc1Cl. The zero-order chi connectivity index (χ0) is 13.8. The van der Waals surface area contributed by atoms with E-state index in [1.165, 1.54) is 22.8 Å². The van der Waals surface area contributed by atoms with Crippen molar-refractivity contribution in [2.24, 2.45) is 5.92 Å². The Kier molecular flexibility index (Phi) is 5.56. The fraction of sp³-hybridized carbons (Fsp3) is 0.583. The molecule has 1 heterocycles. The number of sulfonamides is 1. The van der Waals surface area contributed by atoms with Gasteiger partial charge < -0.3 is 0 Å². The van der Waals surface area contributed by atoms with E-state index in [1.54, 1.807) is 0 Å². The number of pyridine rings is 1. The highest BCUT2D eigenvalue weighted by atomic mass is 35.5. The maximum Gasteiger partial charge on any atom is 0.246 e. The van der Waals surface area contributed by atoms with Crippen molar-refractivity contribution in [2.45, 2.75) is 32.1 Å². The molecular formula is C12H19ClN2O2S. The van der Waals surface area contributed by atoms with Crippen LogP contribution in [0.5, 0.6) is 0 Å². The third-order valence-corrected chi connectivity index (χ3v) is 5.33. The van der Waals surface area contributed by atoms with E-state index >= 15 is 0 Å². The smallest absolute Gasteiger partial charge is 0.246 e. The van der Waals surface area contributed by atoms with E-state index in [0.29, 0.717) is 19.0 Å². The quantitative estimate of drug-likeness (QED) is 0.809.